The van der Waals surface area contributed by atoms with Crippen LogP contribution in [0.4, 0.5) is 4.79 Å². The van der Waals surface area contributed by atoms with E-state index in [-0.39, 0.29) is 6.54 Å². The number of likely N-dealkylation sites (N-methyl/N-ethyl adjacent to an activating group) is 2. The maximum atomic E-state index is 12.2. The predicted octanol–water partition coefficient (Wildman–Crippen LogP) is -1.40. The van der Waals surface area contributed by atoms with Gasteiger partial charge in [0.1, 0.15) is 5.57 Å². The van der Waals surface area contributed by atoms with E-state index in [0.717, 1.165) is 27.4 Å². The molecule has 1 saturated heterocycles. The number of barbiturate groups is 1. The number of hydrogen-bond donors (Lipinski definition) is 2. The molecule has 1 heterocycles. The van der Waals surface area contributed by atoms with Gasteiger partial charge in [0.25, 0.3) is 17.4 Å². The van der Waals surface area contributed by atoms with Crippen LogP contribution in [-0.2, 0) is 19.1 Å². The first-order valence-electron chi connectivity index (χ1n) is 6.19. The summed E-state index contributed by atoms with van der Waals surface area (Å²) in [5, 5.41) is 13.1. The number of nitrogens with one attached hydrogen (secondary N) is 1. The second-order valence-electron chi connectivity index (χ2n) is 4.47. The summed E-state index contributed by atoms with van der Waals surface area (Å²) in [5.74, 6) is -3.56. The van der Waals surface area contributed by atoms with Gasteiger partial charge < -0.3 is 15.2 Å². The molecule has 120 valence electrons. The minimum Gasteiger partial charge on any atom is -0.466 e. The van der Waals surface area contributed by atoms with Gasteiger partial charge in [0.05, 0.1) is 7.11 Å². The molecule has 22 heavy (non-hydrogen) atoms. The van der Waals surface area contributed by atoms with Crippen molar-refractivity contribution in [2.45, 2.75) is 5.60 Å². The average molecular weight is 311 g/mol. The highest BCUT2D eigenvalue weighted by Gasteiger charge is 2.59. The first kappa shape index (κ1) is 17.4. The summed E-state index contributed by atoms with van der Waals surface area (Å²) < 4.78 is 4.50. The highest BCUT2D eigenvalue weighted by molar-refractivity contribution is 6.26. The van der Waals surface area contributed by atoms with Crippen molar-refractivity contribution in [3.8, 4) is 0 Å². The lowest BCUT2D eigenvalue weighted by Crippen LogP contribution is -2.68. The van der Waals surface area contributed by atoms with Gasteiger partial charge in [-0.3, -0.25) is 19.4 Å². The van der Waals surface area contributed by atoms with Gasteiger partial charge in [-0.15, -0.1) is 6.58 Å². The number of amides is 4. The Bertz CT molecular complexity index is 544. The molecule has 0 radical (unpaired) electrons. The molecular formula is C13H17N3O6. The topological polar surface area (TPSA) is 116 Å². The number of carbonyl (C=O) groups is 4. The lowest BCUT2D eigenvalue weighted by atomic mass is 9.89. The molecule has 1 rings (SSSR count). The van der Waals surface area contributed by atoms with E-state index >= 15 is 0 Å². The molecule has 2 N–H and O–H groups in total. The number of imide groups is 2. The summed E-state index contributed by atoms with van der Waals surface area (Å²) in [6.07, 6.45) is 2.45. The molecule has 1 aliphatic heterocycles. The van der Waals surface area contributed by atoms with Gasteiger partial charge >= 0.3 is 12.0 Å². The average Bonchev–Trinajstić information content (AvgIpc) is 2.52. The zero-order valence-corrected chi connectivity index (χ0v) is 12.5. The smallest absolute Gasteiger partial charge is 0.339 e. The van der Waals surface area contributed by atoms with E-state index in [9.17, 15) is 24.3 Å². The monoisotopic (exact) mass is 311 g/mol. The van der Waals surface area contributed by atoms with Crippen LogP contribution < -0.4 is 5.32 Å². The number of carbonyl (C=O) groups excluding carboxylic acids is 4. The van der Waals surface area contributed by atoms with E-state index < -0.39 is 35.0 Å². The zero-order chi connectivity index (χ0) is 17.1. The lowest BCUT2D eigenvalue weighted by Gasteiger charge is -2.38. The molecule has 1 fully saturated rings. The lowest BCUT2D eigenvalue weighted by molar-refractivity contribution is -0.166. The molecule has 0 spiro atoms. The fourth-order valence-electron chi connectivity index (χ4n) is 1.87. The highest BCUT2D eigenvalue weighted by atomic mass is 16.5. The van der Waals surface area contributed by atoms with Gasteiger partial charge in [-0.05, 0) is 0 Å². The second-order valence-corrected chi connectivity index (χ2v) is 4.47. The Balaban J connectivity index is 3.41. The number of hydrogen-bond acceptors (Lipinski definition) is 7. The van der Waals surface area contributed by atoms with Crippen molar-refractivity contribution in [2.24, 2.45) is 0 Å². The van der Waals surface area contributed by atoms with Crippen LogP contribution in [0.1, 0.15) is 0 Å². The number of esters is 1. The van der Waals surface area contributed by atoms with Crippen LogP contribution in [0.5, 0.6) is 0 Å². The predicted molar refractivity (Wildman–Crippen MR) is 74.2 cm³/mol. The van der Waals surface area contributed by atoms with E-state index in [1.807, 2.05) is 0 Å². The standard InChI is InChI=1S/C13H17N3O6/c1-5-6-14-7-8(9(17)22-4)13(21)10(18)15(2)12(20)16(3)11(13)19/h5,7,14,21H,1,6H2,2-4H3/b8-7+. The van der Waals surface area contributed by atoms with Crippen LogP contribution >= 0.6 is 0 Å². The van der Waals surface area contributed by atoms with Crippen molar-refractivity contribution in [3.63, 3.8) is 0 Å². The Labute approximate surface area is 126 Å². The third-order valence-electron chi connectivity index (χ3n) is 3.11. The minimum atomic E-state index is -2.85. The van der Waals surface area contributed by atoms with E-state index in [0.29, 0.717) is 9.80 Å². The van der Waals surface area contributed by atoms with Gasteiger partial charge in [0, 0.05) is 26.8 Å². The SMILES string of the molecule is C=CCN/C=C(\C(=O)OC)C1(O)C(=O)N(C)C(=O)N(C)C1=O. The Morgan fingerprint density at radius 3 is 2.23 bits per heavy atom. The number of nitrogens with zero attached hydrogens (tertiary/aromatic N) is 2. The van der Waals surface area contributed by atoms with Crippen LogP contribution in [0.3, 0.4) is 0 Å². The fourth-order valence-corrected chi connectivity index (χ4v) is 1.87. The number of methoxy groups -OCH3 is 1. The van der Waals surface area contributed by atoms with Crippen molar-refractivity contribution >= 4 is 23.8 Å². The molecule has 0 aromatic carbocycles. The van der Waals surface area contributed by atoms with Crippen molar-refractivity contribution in [1.29, 1.82) is 0 Å². The van der Waals surface area contributed by atoms with E-state index in [1.165, 1.54) is 6.08 Å². The molecule has 0 saturated carbocycles. The van der Waals surface area contributed by atoms with Crippen LogP contribution in [-0.4, -0.2) is 72.1 Å². The molecule has 0 unspecified atom stereocenters. The Morgan fingerprint density at radius 1 is 1.32 bits per heavy atom. The first-order valence-corrected chi connectivity index (χ1v) is 6.19. The molecule has 1 aliphatic rings. The zero-order valence-electron chi connectivity index (χ0n) is 12.5. The quantitative estimate of drug-likeness (QED) is 0.211. The Kier molecular flexibility index (Phi) is 5.05. The van der Waals surface area contributed by atoms with Crippen molar-refractivity contribution in [2.75, 3.05) is 27.7 Å². The second kappa shape index (κ2) is 6.39. The van der Waals surface area contributed by atoms with Crippen LogP contribution in [0.25, 0.3) is 0 Å². The van der Waals surface area contributed by atoms with Gasteiger partial charge in [-0.25, -0.2) is 9.59 Å². The summed E-state index contributed by atoms with van der Waals surface area (Å²) in [6.45, 7) is 3.66. The molecule has 0 aromatic heterocycles. The number of ether oxygens (including phenoxy) is 1. The number of urea groups is 1. The van der Waals surface area contributed by atoms with Crippen LogP contribution in [0.15, 0.2) is 24.4 Å². The fraction of sp³-hybridized carbons (Fsp3) is 0.385. The van der Waals surface area contributed by atoms with Gasteiger partial charge in [0.2, 0.25) is 0 Å². The first-order chi connectivity index (χ1) is 10.2. The molecule has 4 amide bonds. The van der Waals surface area contributed by atoms with E-state index in [1.54, 1.807) is 0 Å². The summed E-state index contributed by atoms with van der Waals surface area (Å²) >= 11 is 0. The van der Waals surface area contributed by atoms with Crippen molar-refractivity contribution in [1.82, 2.24) is 15.1 Å². The van der Waals surface area contributed by atoms with E-state index in [4.69, 9.17) is 0 Å². The molecule has 0 atom stereocenters. The minimum absolute atomic E-state index is 0.212. The van der Waals surface area contributed by atoms with Gasteiger partial charge in [0.15, 0.2) is 0 Å². The molecule has 9 nitrogen and oxygen atoms in total. The highest BCUT2D eigenvalue weighted by Crippen LogP contribution is 2.27. The van der Waals surface area contributed by atoms with Crippen LogP contribution in [0.2, 0.25) is 0 Å². The summed E-state index contributed by atoms with van der Waals surface area (Å²) in [4.78, 5) is 49.1. The largest absolute Gasteiger partial charge is 0.466 e. The summed E-state index contributed by atoms with van der Waals surface area (Å²) in [7, 11) is 3.21. The normalized spacial score (nSPS) is 18.4. The number of aliphatic hydroxyl groups is 1. The van der Waals surface area contributed by atoms with Gasteiger partial charge in [-0.1, -0.05) is 6.08 Å². The van der Waals surface area contributed by atoms with E-state index in [2.05, 4.69) is 16.6 Å². The molecule has 9 heteroatoms. The number of rotatable bonds is 5. The van der Waals surface area contributed by atoms with Crippen molar-refractivity contribution < 1.29 is 29.0 Å². The maximum Gasteiger partial charge on any atom is 0.339 e. The van der Waals surface area contributed by atoms with Gasteiger partial charge in [-0.2, -0.15) is 0 Å². The van der Waals surface area contributed by atoms with Crippen LogP contribution in [0, 0.1) is 0 Å². The third-order valence-corrected chi connectivity index (χ3v) is 3.11. The van der Waals surface area contributed by atoms with Crippen molar-refractivity contribution in [3.05, 3.63) is 24.4 Å². The maximum absolute atomic E-state index is 12.2. The molecular weight excluding hydrogens is 294 g/mol. The Morgan fingerprint density at radius 2 is 1.82 bits per heavy atom. The molecule has 0 aromatic rings. The molecule has 0 bridgehead atoms. The third kappa shape index (κ3) is 2.58. The Hall–Kier alpha value is -2.68. The summed E-state index contributed by atoms with van der Waals surface area (Å²) in [5.41, 5.74) is -3.48. The molecule has 0 aliphatic carbocycles. The summed E-state index contributed by atoms with van der Waals surface area (Å²) in [6, 6.07) is -0.914.